The van der Waals surface area contributed by atoms with Gasteiger partial charge in [-0.15, -0.1) is 0 Å². The minimum Gasteiger partial charge on any atom is -0.379 e. The lowest BCUT2D eigenvalue weighted by atomic mass is 10.2. The number of hydrogen-bond acceptors (Lipinski definition) is 4. The molecule has 1 aromatic carbocycles. The van der Waals surface area contributed by atoms with Crippen molar-refractivity contribution in [1.29, 1.82) is 0 Å². The number of nitrogens with one attached hydrogen (secondary N) is 1. The van der Waals surface area contributed by atoms with Gasteiger partial charge in [-0.2, -0.15) is 0 Å². The van der Waals surface area contributed by atoms with Crippen LogP contribution in [0.15, 0.2) is 30.3 Å². The second-order valence-corrected chi connectivity index (χ2v) is 5.78. The SMILES string of the molecule is CN(CCC(=O)NCCN1CCOCC1)Cc1ccccc1. The summed E-state index contributed by atoms with van der Waals surface area (Å²) in [7, 11) is 2.05. The Kier molecular flexibility index (Phi) is 7.36. The molecule has 0 saturated carbocycles. The quantitative estimate of drug-likeness (QED) is 0.777. The molecule has 1 heterocycles. The molecule has 1 aliphatic heterocycles. The van der Waals surface area contributed by atoms with Crippen LogP contribution < -0.4 is 5.32 Å². The summed E-state index contributed by atoms with van der Waals surface area (Å²) in [5.74, 6) is 0.133. The van der Waals surface area contributed by atoms with Crippen molar-refractivity contribution in [3.8, 4) is 0 Å². The van der Waals surface area contributed by atoms with E-state index in [2.05, 4.69) is 27.2 Å². The third-order valence-electron chi connectivity index (χ3n) is 3.87. The predicted molar refractivity (Wildman–Crippen MR) is 87.7 cm³/mol. The van der Waals surface area contributed by atoms with Crippen molar-refractivity contribution in [3.05, 3.63) is 35.9 Å². The molecule has 1 N–H and O–H groups in total. The maximum atomic E-state index is 11.9. The number of carbonyl (C=O) groups excluding carboxylic acids is 1. The first-order valence-electron chi connectivity index (χ1n) is 8.03. The van der Waals surface area contributed by atoms with E-state index in [-0.39, 0.29) is 5.91 Å². The zero-order valence-corrected chi connectivity index (χ0v) is 13.5. The number of ether oxygens (including phenoxy) is 1. The number of amides is 1. The van der Waals surface area contributed by atoms with Crippen molar-refractivity contribution in [2.75, 3.05) is 53.0 Å². The maximum absolute atomic E-state index is 11.9. The van der Waals surface area contributed by atoms with Gasteiger partial charge in [-0.1, -0.05) is 30.3 Å². The summed E-state index contributed by atoms with van der Waals surface area (Å²) in [6.07, 6.45) is 0.548. The zero-order valence-electron chi connectivity index (χ0n) is 13.5. The minimum atomic E-state index is 0.133. The normalized spacial score (nSPS) is 15.9. The van der Waals surface area contributed by atoms with E-state index in [1.54, 1.807) is 0 Å². The fraction of sp³-hybridized carbons (Fsp3) is 0.588. The van der Waals surface area contributed by atoms with Crippen molar-refractivity contribution in [2.45, 2.75) is 13.0 Å². The lowest BCUT2D eigenvalue weighted by Gasteiger charge is -2.26. The van der Waals surface area contributed by atoms with E-state index in [0.717, 1.165) is 52.5 Å². The summed E-state index contributed by atoms with van der Waals surface area (Å²) in [5, 5.41) is 3.00. The second kappa shape index (κ2) is 9.56. The summed E-state index contributed by atoms with van der Waals surface area (Å²) < 4.78 is 5.31. The summed E-state index contributed by atoms with van der Waals surface area (Å²) in [5.41, 5.74) is 1.28. The molecule has 22 heavy (non-hydrogen) atoms. The molecule has 5 heteroatoms. The third-order valence-corrected chi connectivity index (χ3v) is 3.87. The Morgan fingerprint density at radius 3 is 2.73 bits per heavy atom. The van der Waals surface area contributed by atoms with E-state index in [1.807, 2.05) is 25.2 Å². The molecular formula is C17H27N3O2. The summed E-state index contributed by atoms with van der Waals surface area (Å²) in [4.78, 5) is 16.4. The molecule has 1 saturated heterocycles. The fourth-order valence-corrected chi connectivity index (χ4v) is 2.53. The zero-order chi connectivity index (χ0) is 15.6. The van der Waals surface area contributed by atoms with E-state index in [9.17, 15) is 4.79 Å². The van der Waals surface area contributed by atoms with E-state index in [1.165, 1.54) is 5.56 Å². The molecule has 1 aliphatic rings. The lowest BCUT2D eigenvalue weighted by molar-refractivity contribution is -0.121. The molecule has 0 atom stereocenters. The Bertz CT molecular complexity index is 433. The van der Waals surface area contributed by atoms with Crippen LogP contribution >= 0.6 is 0 Å². The average Bonchev–Trinajstić information content (AvgIpc) is 2.55. The monoisotopic (exact) mass is 305 g/mol. The summed E-state index contributed by atoms with van der Waals surface area (Å²) in [6, 6.07) is 10.3. The number of rotatable bonds is 8. The minimum absolute atomic E-state index is 0.133. The Morgan fingerprint density at radius 1 is 1.27 bits per heavy atom. The molecule has 0 unspecified atom stereocenters. The first-order valence-corrected chi connectivity index (χ1v) is 8.03. The molecular weight excluding hydrogens is 278 g/mol. The van der Waals surface area contributed by atoms with Crippen LogP contribution in [0.5, 0.6) is 0 Å². The number of nitrogens with zero attached hydrogens (tertiary/aromatic N) is 2. The number of hydrogen-bond donors (Lipinski definition) is 1. The Balaban J connectivity index is 1.55. The number of benzene rings is 1. The molecule has 122 valence electrons. The van der Waals surface area contributed by atoms with Gasteiger partial charge in [-0.3, -0.25) is 9.69 Å². The van der Waals surface area contributed by atoms with E-state index in [4.69, 9.17) is 4.74 Å². The van der Waals surface area contributed by atoms with Crippen LogP contribution in [0.3, 0.4) is 0 Å². The first-order chi connectivity index (χ1) is 10.7. The van der Waals surface area contributed by atoms with Crippen LogP contribution in [-0.4, -0.2) is 68.7 Å². The summed E-state index contributed by atoms with van der Waals surface area (Å²) in [6.45, 7) is 6.83. The highest BCUT2D eigenvalue weighted by Crippen LogP contribution is 2.02. The molecule has 0 aromatic heterocycles. The van der Waals surface area contributed by atoms with Gasteiger partial charge < -0.3 is 15.0 Å². The van der Waals surface area contributed by atoms with Gasteiger partial charge in [0.15, 0.2) is 0 Å². The molecule has 0 aliphatic carbocycles. The van der Waals surface area contributed by atoms with Crippen LogP contribution in [0.25, 0.3) is 0 Å². The standard InChI is InChI=1S/C17H27N3O2/c1-19(15-16-5-3-2-4-6-16)9-7-17(21)18-8-10-20-11-13-22-14-12-20/h2-6H,7-15H2,1H3,(H,18,21). The van der Waals surface area contributed by atoms with Crippen molar-refractivity contribution < 1.29 is 9.53 Å². The van der Waals surface area contributed by atoms with Crippen LogP contribution in [0, 0.1) is 0 Å². The molecule has 5 nitrogen and oxygen atoms in total. The Labute approximate surface area is 133 Å². The topological polar surface area (TPSA) is 44.8 Å². The molecule has 1 aromatic rings. The van der Waals surface area contributed by atoms with E-state index >= 15 is 0 Å². The van der Waals surface area contributed by atoms with Crippen molar-refractivity contribution in [3.63, 3.8) is 0 Å². The van der Waals surface area contributed by atoms with Gasteiger partial charge in [0.05, 0.1) is 13.2 Å². The van der Waals surface area contributed by atoms with Gasteiger partial charge in [0, 0.05) is 45.7 Å². The molecule has 1 fully saturated rings. The van der Waals surface area contributed by atoms with Crippen molar-refractivity contribution >= 4 is 5.91 Å². The Morgan fingerprint density at radius 2 is 2.00 bits per heavy atom. The van der Waals surface area contributed by atoms with E-state index in [0.29, 0.717) is 6.42 Å². The van der Waals surface area contributed by atoms with Crippen LogP contribution in [0.2, 0.25) is 0 Å². The number of carbonyl (C=O) groups is 1. The van der Waals surface area contributed by atoms with Gasteiger partial charge >= 0.3 is 0 Å². The molecule has 0 bridgehead atoms. The highest BCUT2D eigenvalue weighted by Gasteiger charge is 2.10. The smallest absolute Gasteiger partial charge is 0.221 e. The number of morpholine rings is 1. The first kappa shape index (κ1) is 16.9. The lowest BCUT2D eigenvalue weighted by Crippen LogP contribution is -2.41. The molecule has 1 amide bonds. The molecule has 2 rings (SSSR count). The van der Waals surface area contributed by atoms with Crippen LogP contribution in [0.4, 0.5) is 0 Å². The van der Waals surface area contributed by atoms with Gasteiger partial charge in [-0.25, -0.2) is 0 Å². The Hall–Kier alpha value is -1.43. The highest BCUT2D eigenvalue weighted by molar-refractivity contribution is 5.76. The second-order valence-electron chi connectivity index (χ2n) is 5.78. The van der Waals surface area contributed by atoms with Gasteiger partial charge in [0.1, 0.15) is 0 Å². The third kappa shape index (κ3) is 6.56. The van der Waals surface area contributed by atoms with Gasteiger partial charge in [0.2, 0.25) is 5.91 Å². The van der Waals surface area contributed by atoms with Crippen molar-refractivity contribution in [2.24, 2.45) is 0 Å². The fourth-order valence-electron chi connectivity index (χ4n) is 2.53. The average molecular weight is 305 g/mol. The van der Waals surface area contributed by atoms with Crippen molar-refractivity contribution in [1.82, 2.24) is 15.1 Å². The molecule has 0 radical (unpaired) electrons. The summed E-state index contributed by atoms with van der Waals surface area (Å²) >= 11 is 0. The van der Waals surface area contributed by atoms with Gasteiger partial charge in [-0.05, 0) is 12.6 Å². The largest absolute Gasteiger partial charge is 0.379 e. The predicted octanol–water partition coefficient (Wildman–Crippen LogP) is 0.957. The highest BCUT2D eigenvalue weighted by atomic mass is 16.5. The molecule has 0 spiro atoms. The maximum Gasteiger partial charge on any atom is 0.221 e. The van der Waals surface area contributed by atoms with E-state index < -0.39 is 0 Å². The van der Waals surface area contributed by atoms with Crippen LogP contribution in [0.1, 0.15) is 12.0 Å². The van der Waals surface area contributed by atoms with Crippen LogP contribution in [-0.2, 0) is 16.1 Å². The van der Waals surface area contributed by atoms with Gasteiger partial charge in [0.25, 0.3) is 0 Å².